The number of H-pyrrole nitrogens is 2. The number of hydrogen-bond acceptors (Lipinski definition) is 3. The molecule has 3 N–H and O–H groups in total. The van der Waals surface area contributed by atoms with Crippen molar-refractivity contribution in [3.8, 4) is 21.8 Å². The Bertz CT molecular complexity index is 1330. The summed E-state index contributed by atoms with van der Waals surface area (Å²) in [5, 5.41) is 17.0. The van der Waals surface area contributed by atoms with Crippen molar-refractivity contribution in [2.45, 2.75) is 12.8 Å². The van der Waals surface area contributed by atoms with E-state index in [0.29, 0.717) is 0 Å². The average Bonchev–Trinajstić information content (AvgIpc) is 3.50. The Morgan fingerprint density at radius 2 is 1.93 bits per heavy atom. The van der Waals surface area contributed by atoms with Crippen LogP contribution in [0.2, 0.25) is 0 Å². The highest BCUT2D eigenvalue weighted by molar-refractivity contribution is 7.13. The molecule has 4 nitrogen and oxygen atoms in total. The van der Waals surface area contributed by atoms with Crippen LogP contribution in [0.15, 0.2) is 52.9 Å². The Morgan fingerprint density at radius 1 is 1.00 bits per heavy atom. The zero-order valence-electron chi connectivity index (χ0n) is 15.4. The number of nitrogens with one attached hydrogen (secondary N) is 3. The van der Waals surface area contributed by atoms with Crippen molar-refractivity contribution in [1.29, 1.82) is 0 Å². The Labute approximate surface area is 166 Å². The monoisotopic (exact) mass is 384 g/mol. The molecule has 0 spiro atoms. The first-order chi connectivity index (χ1) is 13.9. The Hall–Kier alpha value is -2.89. The van der Waals surface area contributed by atoms with Gasteiger partial charge >= 0.3 is 0 Å². The number of piperidine rings is 1. The van der Waals surface area contributed by atoms with Gasteiger partial charge in [-0.05, 0) is 67.2 Å². The van der Waals surface area contributed by atoms with E-state index < -0.39 is 0 Å². The molecule has 1 aliphatic carbocycles. The van der Waals surface area contributed by atoms with Gasteiger partial charge < -0.3 is 10.3 Å². The first-order valence-corrected chi connectivity index (χ1v) is 10.6. The number of allylic oxidation sites excluding steroid dienone is 1. The number of fused-ring (bicyclic) bond motifs is 2. The van der Waals surface area contributed by atoms with Gasteiger partial charge in [-0.15, -0.1) is 11.3 Å². The minimum absolute atomic E-state index is 1.00. The molecule has 5 heteroatoms. The van der Waals surface area contributed by atoms with Crippen molar-refractivity contribution < 1.29 is 0 Å². The molecule has 138 valence electrons. The van der Waals surface area contributed by atoms with Crippen LogP contribution in [-0.4, -0.2) is 28.3 Å². The summed E-state index contributed by atoms with van der Waals surface area (Å²) in [6, 6.07) is 13.0. The molecule has 1 saturated heterocycles. The van der Waals surface area contributed by atoms with Crippen LogP contribution in [0.1, 0.15) is 12.8 Å². The van der Waals surface area contributed by atoms with E-state index in [0.717, 1.165) is 48.2 Å². The van der Waals surface area contributed by atoms with Gasteiger partial charge in [-0.1, -0.05) is 23.8 Å². The summed E-state index contributed by atoms with van der Waals surface area (Å²) in [6.07, 6.45) is 6.82. The summed E-state index contributed by atoms with van der Waals surface area (Å²) in [6.45, 7) is 2.15. The lowest BCUT2D eigenvalue weighted by molar-refractivity contribution is 0.609. The lowest BCUT2D eigenvalue weighted by Gasteiger charge is -2.16. The first kappa shape index (κ1) is 16.1. The molecule has 0 bridgehead atoms. The van der Waals surface area contributed by atoms with Crippen molar-refractivity contribution in [3.63, 3.8) is 0 Å². The molecule has 0 unspecified atom stereocenters. The summed E-state index contributed by atoms with van der Waals surface area (Å²) >= 11 is 1.78. The first-order valence-electron chi connectivity index (χ1n) is 9.73. The second kappa shape index (κ2) is 6.33. The van der Waals surface area contributed by atoms with E-state index in [-0.39, 0.29) is 0 Å². The van der Waals surface area contributed by atoms with E-state index in [1.807, 2.05) is 0 Å². The van der Waals surface area contributed by atoms with E-state index in [9.17, 15) is 0 Å². The predicted octanol–water partition coefficient (Wildman–Crippen LogP) is 3.54. The number of thiophene rings is 1. The number of aromatic nitrogens is 3. The molecule has 0 atom stereocenters. The summed E-state index contributed by atoms with van der Waals surface area (Å²) in [5.41, 5.74) is 7.40. The molecule has 1 fully saturated rings. The lowest BCUT2D eigenvalue weighted by Crippen LogP contribution is -2.23. The summed E-state index contributed by atoms with van der Waals surface area (Å²) in [7, 11) is 0. The van der Waals surface area contributed by atoms with Gasteiger partial charge in [-0.25, -0.2) is 0 Å². The fraction of sp³-hybridized carbons (Fsp3) is 0.174. The quantitative estimate of drug-likeness (QED) is 0.495. The number of benzene rings is 1. The summed E-state index contributed by atoms with van der Waals surface area (Å²) in [5.74, 6) is 0. The normalized spacial score (nSPS) is 16.3. The third-order valence-corrected chi connectivity index (χ3v) is 6.66. The molecule has 0 amide bonds. The largest absolute Gasteiger partial charge is 0.353 e. The van der Waals surface area contributed by atoms with Crippen LogP contribution in [-0.2, 0) is 0 Å². The van der Waals surface area contributed by atoms with Crippen LogP contribution in [0.4, 0.5) is 0 Å². The highest BCUT2D eigenvalue weighted by Gasteiger charge is 2.16. The van der Waals surface area contributed by atoms with Crippen molar-refractivity contribution in [2.75, 3.05) is 13.1 Å². The predicted molar refractivity (Wildman–Crippen MR) is 117 cm³/mol. The highest BCUT2D eigenvalue weighted by Crippen LogP contribution is 2.33. The molecule has 1 aromatic carbocycles. The van der Waals surface area contributed by atoms with Gasteiger partial charge in [0, 0.05) is 26.6 Å². The van der Waals surface area contributed by atoms with Crippen LogP contribution >= 0.6 is 11.3 Å². The van der Waals surface area contributed by atoms with Crippen molar-refractivity contribution in [2.24, 2.45) is 0 Å². The van der Waals surface area contributed by atoms with Gasteiger partial charge in [-0.3, -0.25) is 5.10 Å². The SMILES string of the molecule is C1=c2[nH]nc(-c3cc4c(-c5cccs5)cccc4[nH]3)c2=CC1=C1CCNCC1. The van der Waals surface area contributed by atoms with Crippen LogP contribution < -0.4 is 15.9 Å². The van der Waals surface area contributed by atoms with E-state index in [1.165, 1.54) is 26.6 Å². The number of hydrogen-bond donors (Lipinski definition) is 3. The molecule has 4 aromatic rings. The van der Waals surface area contributed by atoms with Crippen molar-refractivity contribution in [3.05, 3.63) is 63.5 Å². The van der Waals surface area contributed by atoms with Gasteiger partial charge in [0.05, 0.1) is 11.0 Å². The fourth-order valence-electron chi connectivity index (χ4n) is 4.33. The Morgan fingerprint density at radius 3 is 2.79 bits per heavy atom. The number of aromatic amines is 2. The van der Waals surface area contributed by atoms with Gasteiger partial charge in [0.25, 0.3) is 0 Å². The maximum absolute atomic E-state index is 4.62. The Kier molecular flexibility index (Phi) is 3.64. The molecular weight excluding hydrogens is 364 g/mol. The summed E-state index contributed by atoms with van der Waals surface area (Å²) in [4.78, 5) is 4.88. The van der Waals surface area contributed by atoms with Crippen molar-refractivity contribution >= 4 is 34.4 Å². The maximum Gasteiger partial charge on any atom is 0.116 e. The lowest BCUT2D eigenvalue weighted by atomic mass is 9.99. The molecule has 0 saturated carbocycles. The standard InChI is InChI=1S/C23H20N4S/c1-3-16(22-5-2-10-28-22)17-13-21(25-19(17)4-1)23-18-11-15(12-20(18)26-27-23)14-6-8-24-9-7-14/h1-5,10-13,24-26H,6-9H2. The van der Waals surface area contributed by atoms with Gasteiger partial charge in [0.1, 0.15) is 5.69 Å². The highest BCUT2D eigenvalue weighted by atomic mass is 32.1. The zero-order valence-corrected chi connectivity index (χ0v) is 16.2. The Balaban J connectivity index is 1.49. The molecule has 3 aromatic heterocycles. The minimum Gasteiger partial charge on any atom is -0.353 e. The molecule has 4 heterocycles. The number of rotatable bonds is 2. The third-order valence-electron chi connectivity index (χ3n) is 5.75. The topological polar surface area (TPSA) is 56.5 Å². The van der Waals surface area contributed by atoms with Crippen LogP contribution in [0, 0.1) is 0 Å². The van der Waals surface area contributed by atoms with E-state index >= 15 is 0 Å². The van der Waals surface area contributed by atoms with Gasteiger partial charge in [-0.2, -0.15) is 5.10 Å². The fourth-order valence-corrected chi connectivity index (χ4v) is 5.09. The average molecular weight is 385 g/mol. The number of nitrogens with zero attached hydrogens (tertiary/aromatic N) is 1. The van der Waals surface area contributed by atoms with Crippen molar-refractivity contribution in [1.82, 2.24) is 20.5 Å². The molecule has 2 aliphatic rings. The van der Waals surface area contributed by atoms with Crippen LogP contribution in [0.25, 0.3) is 44.9 Å². The van der Waals surface area contributed by atoms with Gasteiger partial charge in [0.2, 0.25) is 0 Å². The van der Waals surface area contributed by atoms with E-state index in [2.05, 4.69) is 74.4 Å². The summed E-state index contributed by atoms with van der Waals surface area (Å²) < 4.78 is 0. The molecular formula is C23H20N4S. The molecule has 1 aliphatic heterocycles. The second-order valence-corrected chi connectivity index (χ2v) is 8.37. The zero-order chi connectivity index (χ0) is 18.5. The molecule has 0 radical (unpaired) electrons. The van der Waals surface area contributed by atoms with E-state index in [4.69, 9.17) is 0 Å². The minimum atomic E-state index is 1.00. The smallest absolute Gasteiger partial charge is 0.116 e. The molecule has 28 heavy (non-hydrogen) atoms. The molecule has 6 rings (SSSR count). The van der Waals surface area contributed by atoms with Crippen LogP contribution in [0.3, 0.4) is 0 Å². The van der Waals surface area contributed by atoms with Crippen LogP contribution in [0.5, 0.6) is 0 Å². The third kappa shape index (κ3) is 2.51. The van der Waals surface area contributed by atoms with Gasteiger partial charge in [0.15, 0.2) is 0 Å². The van der Waals surface area contributed by atoms with E-state index in [1.54, 1.807) is 16.9 Å². The maximum atomic E-state index is 4.62. The second-order valence-electron chi connectivity index (χ2n) is 7.42.